The van der Waals surface area contributed by atoms with Crippen LogP contribution in [-0.2, 0) is 14.3 Å². The Kier molecular flexibility index (Phi) is 5.36. The second-order valence-electron chi connectivity index (χ2n) is 5.99. The number of ketones is 2. The molecule has 25 heavy (non-hydrogen) atoms. The van der Waals surface area contributed by atoms with Crippen LogP contribution < -0.4 is 0 Å². The van der Waals surface area contributed by atoms with Gasteiger partial charge in [0.1, 0.15) is 6.10 Å². The minimum absolute atomic E-state index is 0.0282. The molecule has 126 valence electrons. The van der Waals surface area contributed by atoms with Crippen LogP contribution in [0.25, 0.3) is 11.6 Å². The summed E-state index contributed by atoms with van der Waals surface area (Å²) in [6.45, 7) is 0. The largest absolute Gasteiger partial charge is 0.373 e. The van der Waals surface area contributed by atoms with Crippen molar-refractivity contribution in [3.63, 3.8) is 0 Å². The summed E-state index contributed by atoms with van der Waals surface area (Å²) in [5, 5.41) is 0. The van der Waals surface area contributed by atoms with E-state index in [2.05, 4.69) is 0 Å². The molecular weight excluding hydrogens is 312 g/mol. The summed E-state index contributed by atoms with van der Waals surface area (Å²) in [5.41, 5.74) is 2.50. The Hall–Kier alpha value is -2.78. The maximum atomic E-state index is 12.8. The van der Waals surface area contributed by atoms with Gasteiger partial charge in [0.05, 0.1) is 5.92 Å². The molecule has 2 aromatic carbocycles. The normalized spacial score (nSPS) is 18.4. The Labute approximate surface area is 147 Å². The molecule has 3 nitrogen and oxygen atoms in total. The molecule has 2 aromatic rings. The van der Waals surface area contributed by atoms with Gasteiger partial charge in [0.25, 0.3) is 0 Å². The van der Waals surface area contributed by atoms with Gasteiger partial charge in [-0.2, -0.15) is 0 Å². The summed E-state index contributed by atoms with van der Waals surface area (Å²) in [7, 11) is 1.48. The number of allylic oxidation sites excluding steroid dienone is 2. The Morgan fingerprint density at radius 2 is 1.72 bits per heavy atom. The molecule has 0 aromatic heterocycles. The van der Waals surface area contributed by atoms with Gasteiger partial charge in [0.2, 0.25) is 0 Å². The average Bonchev–Trinajstić information content (AvgIpc) is 3.04. The fourth-order valence-electron chi connectivity index (χ4n) is 3.11. The molecule has 0 saturated carbocycles. The Bertz CT molecular complexity index is 804. The lowest BCUT2D eigenvalue weighted by atomic mass is 9.92. The summed E-state index contributed by atoms with van der Waals surface area (Å²) < 4.78 is 5.38. The van der Waals surface area contributed by atoms with Crippen molar-refractivity contribution in [2.75, 3.05) is 7.11 Å². The summed E-state index contributed by atoms with van der Waals surface area (Å²) in [5.74, 6) is -0.681. The molecular formula is C22H20O3. The smallest absolute Gasteiger partial charge is 0.185 e. The zero-order valence-electron chi connectivity index (χ0n) is 14.1. The van der Waals surface area contributed by atoms with Gasteiger partial charge in [-0.05, 0) is 23.6 Å². The van der Waals surface area contributed by atoms with Gasteiger partial charge in [0.15, 0.2) is 11.6 Å². The molecule has 0 bridgehead atoms. The first-order chi connectivity index (χ1) is 12.2. The van der Waals surface area contributed by atoms with Gasteiger partial charge in [0, 0.05) is 12.7 Å². The first-order valence-electron chi connectivity index (χ1n) is 8.30. The van der Waals surface area contributed by atoms with Crippen LogP contribution in [0, 0.1) is 5.92 Å². The zero-order chi connectivity index (χ0) is 17.6. The van der Waals surface area contributed by atoms with E-state index in [9.17, 15) is 9.59 Å². The maximum Gasteiger partial charge on any atom is 0.185 e. The third-order valence-electron chi connectivity index (χ3n) is 4.40. The second-order valence-corrected chi connectivity index (χ2v) is 5.99. The van der Waals surface area contributed by atoms with E-state index < -0.39 is 12.0 Å². The van der Waals surface area contributed by atoms with Gasteiger partial charge in [-0.3, -0.25) is 9.59 Å². The van der Waals surface area contributed by atoms with E-state index in [-0.39, 0.29) is 11.6 Å². The van der Waals surface area contributed by atoms with Crippen LogP contribution in [0.5, 0.6) is 0 Å². The highest BCUT2D eigenvalue weighted by molar-refractivity contribution is 6.25. The number of Topliss-reactive ketones (excluding diaryl/α,β-unsaturated/α-hetero) is 1. The lowest BCUT2D eigenvalue weighted by Gasteiger charge is -2.18. The van der Waals surface area contributed by atoms with Crippen molar-refractivity contribution < 1.29 is 14.3 Å². The summed E-state index contributed by atoms with van der Waals surface area (Å²) >= 11 is 0. The topological polar surface area (TPSA) is 43.4 Å². The van der Waals surface area contributed by atoms with Crippen LogP contribution in [0.15, 0.2) is 72.8 Å². The summed E-state index contributed by atoms with van der Waals surface area (Å²) in [4.78, 5) is 25.3. The van der Waals surface area contributed by atoms with Crippen molar-refractivity contribution in [3.05, 3.63) is 83.9 Å². The van der Waals surface area contributed by atoms with Gasteiger partial charge in [-0.15, -0.1) is 0 Å². The molecule has 0 fully saturated rings. The summed E-state index contributed by atoms with van der Waals surface area (Å²) in [6.07, 6.45) is 4.91. The molecule has 0 aliphatic heterocycles. The number of carbonyl (C=O) groups is 2. The van der Waals surface area contributed by atoms with Crippen molar-refractivity contribution in [2.24, 2.45) is 5.92 Å². The van der Waals surface area contributed by atoms with Crippen LogP contribution in [-0.4, -0.2) is 24.8 Å². The van der Waals surface area contributed by atoms with E-state index >= 15 is 0 Å². The third kappa shape index (κ3) is 3.83. The minimum atomic E-state index is -0.759. The molecule has 1 aliphatic carbocycles. The Balaban J connectivity index is 1.73. The molecule has 3 heteroatoms. The fourth-order valence-corrected chi connectivity index (χ4v) is 3.11. The van der Waals surface area contributed by atoms with Crippen LogP contribution >= 0.6 is 0 Å². The number of hydrogen-bond acceptors (Lipinski definition) is 3. The molecule has 0 radical (unpaired) electrons. The fraction of sp³-hybridized carbons (Fsp3) is 0.182. The highest BCUT2D eigenvalue weighted by Crippen LogP contribution is 2.32. The van der Waals surface area contributed by atoms with Crippen molar-refractivity contribution in [1.82, 2.24) is 0 Å². The number of rotatable bonds is 6. The SMILES string of the molecule is COC(C(=O)/C=C/c1ccccc1)C1CC=C(c2ccccc2)C1=O. The minimum Gasteiger partial charge on any atom is -0.373 e. The van der Waals surface area contributed by atoms with E-state index in [4.69, 9.17) is 4.74 Å². The lowest BCUT2D eigenvalue weighted by Crippen LogP contribution is -2.33. The molecule has 0 amide bonds. The predicted molar refractivity (Wildman–Crippen MR) is 98.8 cm³/mol. The highest BCUT2D eigenvalue weighted by Gasteiger charge is 2.37. The average molecular weight is 332 g/mol. The molecule has 0 saturated heterocycles. The van der Waals surface area contributed by atoms with E-state index in [1.807, 2.05) is 66.7 Å². The van der Waals surface area contributed by atoms with Crippen molar-refractivity contribution in [3.8, 4) is 0 Å². The molecule has 0 N–H and O–H groups in total. The zero-order valence-corrected chi connectivity index (χ0v) is 14.1. The predicted octanol–water partition coefficient (Wildman–Crippen LogP) is 3.96. The number of carbonyl (C=O) groups excluding carboxylic acids is 2. The number of benzene rings is 2. The first kappa shape index (κ1) is 17.1. The summed E-state index contributed by atoms with van der Waals surface area (Å²) in [6, 6.07) is 19.1. The van der Waals surface area contributed by atoms with Crippen molar-refractivity contribution in [2.45, 2.75) is 12.5 Å². The second kappa shape index (κ2) is 7.86. The van der Waals surface area contributed by atoms with Crippen LogP contribution in [0.1, 0.15) is 17.5 Å². The molecule has 3 rings (SSSR count). The Morgan fingerprint density at radius 3 is 2.36 bits per heavy atom. The number of ether oxygens (including phenoxy) is 1. The van der Waals surface area contributed by atoms with Crippen LogP contribution in [0.4, 0.5) is 0 Å². The number of hydrogen-bond donors (Lipinski definition) is 0. The van der Waals surface area contributed by atoms with Crippen molar-refractivity contribution >= 4 is 23.2 Å². The Morgan fingerprint density at radius 1 is 1.08 bits per heavy atom. The highest BCUT2D eigenvalue weighted by atomic mass is 16.5. The van der Waals surface area contributed by atoms with Crippen LogP contribution in [0.2, 0.25) is 0 Å². The van der Waals surface area contributed by atoms with Crippen LogP contribution in [0.3, 0.4) is 0 Å². The first-order valence-corrected chi connectivity index (χ1v) is 8.30. The molecule has 2 unspecified atom stereocenters. The van der Waals surface area contributed by atoms with Gasteiger partial charge in [-0.25, -0.2) is 0 Å². The van der Waals surface area contributed by atoms with Gasteiger partial charge >= 0.3 is 0 Å². The van der Waals surface area contributed by atoms with E-state index in [0.29, 0.717) is 12.0 Å². The van der Waals surface area contributed by atoms with E-state index in [1.165, 1.54) is 13.2 Å². The number of methoxy groups -OCH3 is 1. The lowest BCUT2D eigenvalue weighted by molar-refractivity contribution is -0.133. The standard InChI is InChI=1S/C22H20O3/c1-25-22(20(23)15-12-16-8-4-2-5-9-16)19-14-13-18(21(19)24)17-10-6-3-7-11-17/h2-13,15,19,22H,14H2,1H3/b15-12+. The van der Waals surface area contributed by atoms with Gasteiger partial charge in [-0.1, -0.05) is 72.8 Å². The molecule has 0 spiro atoms. The molecule has 0 heterocycles. The monoisotopic (exact) mass is 332 g/mol. The third-order valence-corrected chi connectivity index (χ3v) is 4.40. The maximum absolute atomic E-state index is 12.8. The van der Waals surface area contributed by atoms with E-state index in [0.717, 1.165) is 11.1 Å². The van der Waals surface area contributed by atoms with E-state index in [1.54, 1.807) is 6.08 Å². The molecule has 2 atom stereocenters. The molecule has 1 aliphatic rings. The van der Waals surface area contributed by atoms with Crippen molar-refractivity contribution in [1.29, 1.82) is 0 Å². The quantitative estimate of drug-likeness (QED) is 0.752. The van der Waals surface area contributed by atoms with Gasteiger partial charge < -0.3 is 4.74 Å².